The van der Waals surface area contributed by atoms with Crippen LogP contribution >= 0.6 is 0 Å². The van der Waals surface area contributed by atoms with E-state index >= 15 is 0 Å². The normalized spacial score (nSPS) is 30.6. The van der Waals surface area contributed by atoms with Crippen LogP contribution < -0.4 is 14.8 Å². The Balaban J connectivity index is 1.98. The first-order valence-corrected chi connectivity index (χ1v) is 5.87. The van der Waals surface area contributed by atoms with Crippen LogP contribution in [0.3, 0.4) is 0 Å². The fourth-order valence-electron chi connectivity index (χ4n) is 2.76. The standard InChI is InChI=1S/C13H17NO3/c1-15-11-4-3-9(5-12(11)16-2)13-6-10(7-17-13)14-8-13/h3-5,10,14H,6-8H2,1-2H3. The molecule has 1 aromatic rings. The van der Waals surface area contributed by atoms with Crippen LogP contribution in [0.15, 0.2) is 18.2 Å². The Hall–Kier alpha value is -1.26. The Labute approximate surface area is 101 Å². The number of ether oxygens (including phenoxy) is 3. The summed E-state index contributed by atoms with van der Waals surface area (Å²) in [4.78, 5) is 0. The van der Waals surface area contributed by atoms with Gasteiger partial charge in [0, 0.05) is 12.6 Å². The number of nitrogens with one attached hydrogen (secondary N) is 1. The minimum absolute atomic E-state index is 0.162. The summed E-state index contributed by atoms with van der Waals surface area (Å²) in [6, 6.07) is 6.53. The van der Waals surface area contributed by atoms with Crippen molar-refractivity contribution >= 4 is 0 Å². The minimum Gasteiger partial charge on any atom is -0.493 e. The van der Waals surface area contributed by atoms with E-state index in [1.54, 1.807) is 14.2 Å². The van der Waals surface area contributed by atoms with Gasteiger partial charge >= 0.3 is 0 Å². The van der Waals surface area contributed by atoms with Crippen LogP contribution in [-0.4, -0.2) is 33.4 Å². The molecule has 2 aliphatic rings. The van der Waals surface area contributed by atoms with Gasteiger partial charge in [-0.3, -0.25) is 0 Å². The summed E-state index contributed by atoms with van der Waals surface area (Å²) < 4.78 is 16.5. The monoisotopic (exact) mass is 235 g/mol. The van der Waals surface area contributed by atoms with Crippen molar-refractivity contribution in [2.75, 3.05) is 27.4 Å². The molecule has 2 heterocycles. The Morgan fingerprint density at radius 1 is 1.29 bits per heavy atom. The second-order valence-corrected chi connectivity index (χ2v) is 4.66. The molecule has 0 spiro atoms. The number of benzene rings is 1. The molecular weight excluding hydrogens is 218 g/mol. The molecule has 0 saturated carbocycles. The zero-order valence-electron chi connectivity index (χ0n) is 10.2. The maximum atomic E-state index is 5.94. The molecular formula is C13H17NO3. The summed E-state index contributed by atoms with van der Waals surface area (Å²) in [5, 5.41) is 3.46. The molecule has 2 fully saturated rings. The van der Waals surface area contributed by atoms with Crippen molar-refractivity contribution in [2.24, 2.45) is 0 Å². The van der Waals surface area contributed by atoms with E-state index < -0.39 is 0 Å². The molecule has 4 heteroatoms. The van der Waals surface area contributed by atoms with Gasteiger partial charge in [-0.25, -0.2) is 0 Å². The second kappa shape index (κ2) is 3.89. The molecule has 4 nitrogen and oxygen atoms in total. The average Bonchev–Trinajstić information content (AvgIpc) is 2.99. The fraction of sp³-hybridized carbons (Fsp3) is 0.538. The second-order valence-electron chi connectivity index (χ2n) is 4.66. The molecule has 2 unspecified atom stereocenters. The molecule has 3 rings (SSSR count). The lowest BCUT2D eigenvalue weighted by molar-refractivity contribution is -0.00974. The van der Waals surface area contributed by atoms with Gasteiger partial charge in [-0.1, -0.05) is 6.07 Å². The van der Waals surface area contributed by atoms with Crippen molar-refractivity contribution in [3.05, 3.63) is 23.8 Å². The van der Waals surface area contributed by atoms with Gasteiger partial charge in [0.25, 0.3) is 0 Å². The van der Waals surface area contributed by atoms with E-state index in [1.807, 2.05) is 12.1 Å². The lowest BCUT2D eigenvalue weighted by Gasteiger charge is -2.27. The van der Waals surface area contributed by atoms with E-state index in [1.165, 1.54) is 5.56 Å². The summed E-state index contributed by atoms with van der Waals surface area (Å²) in [5.74, 6) is 1.52. The van der Waals surface area contributed by atoms with Gasteiger partial charge in [-0.2, -0.15) is 0 Å². The van der Waals surface area contributed by atoms with Crippen molar-refractivity contribution in [2.45, 2.75) is 18.1 Å². The maximum absolute atomic E-state index is 5.94. The number of rotatable bonds is 3. The average molecular weight is 235 g/mol. The molecule has 2 aliphatic heterocycles. The summed E-state index contributed by atoms with van der Waals surface area (Å²) in [5.41, 5.74) is 1.01. The molecule has 1 N–H and O–H groups in total. The first kappa shape index (κ1) is 10.9. The van der Waals surface area contributed by atoms with Gasteiger partial charge < -0.3 is 19.5 Å². The van der Waals surface area contributed by atoms with Crippen LogP contribution in [0, 0.1) is 0 Å². The topological polar surface area (TPSA) is 39.7 Å². The van der Waals surface area contributed by atoms with Crippen LogP contribution in [0.4, 0.5) is 0 Å². The molecule has 17 heavy (non-hydrogen) atoms. The van der Waals surface area contributed by atoms with Crippen LogP contribution in [0.2, 0.25) is 0 Å². The maximum Gasteiger partial charge on any atom is 0.161 e. The number of fused-ring (bicyclic) bond motifs is 2. The molecule has 0 radical (unpaired) electrons. The molecule has 0 amide bonds. The highest BCUT2D eigenvalue weighted by Gasteiger charge is 2.47. The largest absolute Gasteiger partial charge is 0.493 e. The van der Waals surface area contributed by atoms with E-state index in [0.29, 0.717) is 6.04 Å². The zero-order chi connectivity index (χ0) is 11.9. The highest BCUT2D eigenvalue weighted by molar-refractivity contribution is 5.45. The smallest absolute Gasteiger partial charge is 0.161 e. The molecule has 0 aliphatic carbocycles. The fourth-order valence-corrected chi connectivity index (χ4v) is 2.76. The highest BCUT2D eigenvalue weighted by atomic mass is 16.5. The van der Waals surface area contributed by atoms with E-state index in [2.05, 4.69) is 11.4 Å². The van der Waals surface area contributed by atoms with Crippen molar-refractivity contribution in [1.29, 1.82) is 0 Å². The summed E-state index contributed by atoms with van der Waals surface area (Å²) in [6.07, 6.45) is 1.04. The van der Waals surface area contributed by atoms with Crippen LogP contribution in [0.1, 0.15) is 12.0 Å². The van der Waals surface area contributed by atoms with Crippen molar-refractivity contribution < 1.29 is 14.2 Å². The quantitative estimate of drug-likeness (QED) is 0.857. The number of hydrogen-bond acceptors (Lipinski definition) is 4. The number of hydrogen-bond donors (Lipinski definition) is 1. The first-order valence-electron chi connectivity index (χ1n) is 5.87. The number of methoxy groups -OCH3 is 2. The van der Waals surface area contributed by atoms with Gasteiger partial charge in [-0.15, -0.1) is 0 Å². The van der Waals surface area contributed by atoms with Gasteiger partial charge in [0.05, 0.1) is 20.8 Å². The third-order valence-electron chi connectivity index (χ3n) is 3.72. The predicted octanol–water partition coefficient (Wildman–Crippen LogP) is 1.29. The molecule has 1 aromatic carbocycles. The number of morpholine rings is 1. The van der Waals surface area contributed by atoms with Gasteiger partial charge in [0.2, 0.25) is 0 Å². The summed E-state index contributed by atoms with van der Waals surface area (Å²) >= 11 is 0. The Morgan fingerprint density at radius 3 is 2.65 bits per heavy atom. The predicted molar refractivity (Wildman–Crippen MR) is 63.6 cm³/mol. The minimum atomic E-state index is -0.162. The van der Waals surface area contributed by atoms with Gasteiger partial charge in [0.1, 0.15) is 5.60 Å². The van der Waals surface area contributed by atoms with E-state index in [4.69, 9.17) is 14.2 Å². The van der Waals surface area contributed by atoms with E-state index in [-0.39, 0.29) is 5.60 Å². The third-order valence-corrected chi connectivity index (χ3v) is 3.72. The zero-order valence-corrected chi connectivity index (χ0v) is 10.2. The van der Waals surface area contributed by atoms with Crippen molar-refractivity contribution in [1.82, 2.24) is 5.32 Å². The Bertz CT molecular complexity index is 425. The molecule has 0 aromatic heterocycles. The van der Waals surface area contributed by atoms with E-state index in [0.717, 1.165) is 31.1 Å². The van der Waals surface area contributed by atoms with Gasteiger partial charge in [-0.05, 0) is 24.1 Å². The Kier molecular flexibility index (Phi) is 2.49. The van der Waals surface area contributed by atoms with Gasteiger partial charge in [0.15, 0.2) is 11.5 Å². The van der Waals surface area contributed by atoms with Crippen LogP contribution in [-0.2, 0) is 10.3 Å². The summed E-state index contributed by atoms with van der Waals surface area (Å²) in [6.45, 7) is 1.68. The van der Waals surface area contributed by atoms with Crippen LogP contribution in [0.25, 0.3) is 0 Å². The lowest BCUT2D eigenvalue weighted by Crippen LogP contribution is -2.37. The lowest BCUT2D eigenvalue weighted by atomic mass is 9.92. The molecule has 2 atom stereocenters. The first-order chi connectivity index (χ1) is 8.27. The third kappa shape index (κ3) is 1.59. The van der Waals surface area contributed by atoms with Crippen molar-refractivity contribution in [3.8, 4) is 11.5 Å². The van der Waals surface area contributed by atoms with Crippen molar-refractivity contribution in [3.63, 3.8) is 0 Å². The molecule has 92 valence electrons. The Morgan fingerprint density at radius 2 is 2.12 bits per heavy atom. The van der Waals surface area contributed by atoms with Crippen LogP contribution in [0.5, 0.6) is 11.5 Å². The highest BCUT2D eigenvalue weighted by Crippen LogP contribution is 2.42. The SMILES string of the molecule is COc1ccc(C23CNC(CO2)C3)cc1OC. The molecule has 2 saturated heterocycles. The molecule has 2 bridgehead atoms. The summed E-state index contributed by atoms with van der Waals surface area (Å²) in [7, 11) is 3.31. The van der Waals surface area contributed by atoms with E-state index in [9.17, 15) is 0 Å².